The second kappa shape index (κ2) is 4.18. The fourth-order valence-electron chi connectivity index (χ4n) is 1.61. The summed E-state index contributed by atoms with van der Waals surface area (Å²) < 4.78 is 1.71. The number of hydrogen-bond acceptors (Lipinski definition) is 2. The largest absolute Gasteiger partial charge is 0.477 e. The van der Waals surface area contributed by atoms with Crippen LogP contribution < -0.4 is 0 Å². The summed E-state index contributed by atoms with van der Waals surface area (Å²) in [5.74, 6) is -0.906. The highest BCUT2D eigenvalue weighted by molar-refractivity contribution is 5.85. The SMILES string of the molecule is Cc1cnccc1Cn1cccc1C(=O)O. The number of nitrogens with zero attached hydrogens (tertiary/aromatic N) is 2. The molecule has 0 spiro atoms. The summed E-state index contributed by atoms with van der Waals surface area (Å²) in [6.07, 6.45) is 5.26. The molecular formula is C12H12N2O2. The van der Waals surface area contributed by atoms with Crippen molar-refractivity contribution in [1.29, 1.82) is 0 Å². The number of carbonyl (C=O) groups is 1. The van der Waals surface area contributed by atoms with Crippen LogP contribution in [0.3, 0.4) is 0 Å². The van der Waals surface area contributed by atoms with Crippen molar-refractivity contribution < 1.29 is 9.90 Å². The third-order valence-electron chi connectivity index (χ3n) is 2.53. The van der Waals surface area contributed by atoms with Gasteiger partial charge < -0.3 is 9.67 Å². The fraction of sp³-hybridized carbons (Fsp3) is 0.167. The van der Waals surface area contributed by atoms with Crippen molar-refractivity contribution in [1.82, 2.24) is 9.55 Å². The average molecular weight is 216 g/mol. The van der Waals surface area contributed by atoms with Gasteiger partial charge in [-0.1, -0.05) is 0 Å². The molecule has 4 heteroatoms. The highest BCUT2D eigenvalue weighted by Gasteiger charge is 2.09. The Hall–Kier alpha value is -2.10. The van der Waals surface area contributed by atoms with Crippen LogP contribution in [0.15, 0.2) is 36.8 Å². The number of hydrogen-bond donors (Lipinski definition) is 1. The van der Waals surface area contributed by atoms with Crippen molar-refractivity contribution in [3.8, 4) is 0 Å². The number of rotatable bonds is 3. The summed E-state index contributed by atoms with van der Waals surface area (Å²) >= 11 is 0. The van der Waals surface area contributed by atoms with Crippen LogP contribution in [-0.4, -0.2) is 20.6 Å². The molecule has 0 aromatic carbocycles. The molecule has 0 aliphatic heterocycles. The third kappa shape index (κ3) is 1.95. The lowest BCUT2D eigenvalue weighted by atomic mass is 10.1. The summed E-state index contributed by atoms with van der Waals surface area (Å²) in [7, 11) is 0. The van der Waals surface area contributed by atoms with Gasteiger partial charge in [-0.3, -0.25) is 4.98 Å². The topological polar surface area (TPSA) is 55.1 Å². The van der Waals surface area contributed by atoms with E-state index < -0.39 is 5.97 Å². The number of carboxylic acid groups (broad SMARTS) is 1. The molecule has 0 aliphatic rings. The van der Waals surface area contributed by atoms with E-state index in [4.69, 9.17) is 5.11 Å². The number of aryl methyl sites for hydroxylation is 1. The number of pyridine rings is 1. The quantitative estimate of drug-likeness (QED) is 0.853. The van der Waals surface area contributed by atoms with Gasteiger partial charge in [-0.05, 0) is 36.2 Å². The highest BCUT2D eigenvalue weighted by atomic mass is 16.4. The second-order valence-electron chi connectivity index (χ2n) is 3.63. The fourth-order valence-corrected chi connectivity index (χ4v) is 1.61. The Balaban J connectivity index is 2.31. The molecule has 1 N–H and O–H groups in total. The van der Waals surface area contributed by atoms with E-state index in [1.165, 1.54) is 0 Å². The number of carboxylic acids is 1. The van der Waals surface area contributed by atoms with Gasteiger partial charge in [-0.15, -0.1) is 0 Å². The Morgan fingerprint density at radius 2 is 2.31 bits per heavy atom. The summed E-state index contributed by atoms with van der Waals surface area (Å²) in [5, 5.41) is 8.97. The van der Waals surface area contributed by atoms with Gasteiger partial charge in [0.25, 0.3) is 0 Å². The first-order chi connectivity index (χ1) is 7.68. The predicted molar refractivity (Wildman–Crippen MR) is 59.5 cm³/mol. The van der Waals surface area contributed by atoms with Crippen LogP contribution >= 0.6 is 0 Å². The minimum absolute atomic E-state index is 0.302. The molecule has 16 heavy (non-hydrogen) atoms. The number of aromatic nitrogens is 2. The molecule has 0 aliphatic carbocycles. The van der Waals surface area contributed by atoms with Crippen LogP contribution in [0.25, 0.3) is 0 Å². The first-order valence-electron chi connectivity index (χ1n) is 4.96. The molecule has 4 nitrogen and oxygen atoms in total. The maximum Gasteiger partial charge on any atom is 0.352 e. The van der Waals surface area contributed by atoms with E-state index in [2.05, 4.69) is 4.98 Å². The zero-order chi connectivity index (χ0) is 11.5. The number of aromatic carboxylic acids is 1. The van der Waals surface area contributed by atoms with Crippen molar-refractivity contribution in [2.45, 2.75) is 13.5 Å². The van der Waals surface area contributed by atoms with Gasteiger partial charge in [-0.25, -0.2) is 4.79 Å². The minimum atomic E-state index is -0.906. The minimum Gasteiger partial charge on any atom is -0.477 e. The Morgan fingerprint density at radius 1 is 1.50 bits per heavy atom. The van der Waals surface area contributed by atoms with Crippen molar-refractivity contribution in [2.24, 2.45) is 0 Å². The maximum atomic E-state index is 10.9. The Morgan fingerprint density at radius 3 is 3.00 bits per heavy atom. The molecule has 0 bridgehead atoms. The normalized spacial score (nSPS) is 10.3. The van der Waals surface area contributed by atoms with Crippen LogP contribution in [0.5, 0.6) is 0 Å². The standard InChI is InChI=1S/C12H12N2O2/c1-9-7-13-5-4-10(9)8-14-6-2-3-11(14)12(15)16/h2-7H,8H2,1H3,(H,15,16). The molecule has 0 saturated carbocycles. The van der Waals surface area contributed by atoms with E-state index in [9.17, 15) is 4.79 Å². The summed E-state index contributed by atoms with van der Waals surface area (Å²) in [4.78, 5) is 14.9. The molecule has 2 heterocycles. The summed E-state index contributed by atoms with van der Waals surface area (Å²) in [6.45, 7) is 2.52. The highest BCUT2D eigenvalue weighted by Crippen LogP contribution is 2.10. The molecule has 0 radical (unpaired) electrons. The van der Waals surface area contributed by atoms with Crippen molar-refractivity contribution >= 4 is 5.97 Å². The van der Waals surface area contributed by atoms with E-state index >= 15 is 0 Å². The van der Waals surface area contributed by atoms with Crippen LogP contribution in [0.4, 0.5) is 0 Å². The molecule has 82 valence electrons. The van der Waals surface area contributed by atoms with Crippen LogP contribution in [-0.2, 0) is 6.54 Å². The van der Waals surface area contributed by atoms with E-state index in [1.54, 1.807) is 35.3 Å². The van der Waals surface area contributed by atoms with Gasteiger partial charge in [-0.2, -0.15) is 0 Å². The second-order valence-corrected chi connectivity index (χ2v) is 3.63. The third-order valence-corrected chi connectivity index (χ3v) is 2.53. The van der Waals surface area contributed by atoms with Gasteiger partial charge in [0.05, 0.1) is 0 Å². The lowest BCUT2D eigenvalue weighted by molar-refractivity contribution is 0.0685. The monoisotopic (exact) mass is 216 g/mol. The Bertz CT molecular complexity index is 517. The van der Waals surface area contributed by atoms with E-state index in [0.29, 0.717) is 12.2 Å². The molecule has 0 fully saturated rings. The molecule has 0 unspecified atom stereocenters. The molecule has 0 atom stereocenters. The Labute approximate surface area is 93.2 Å². The van der Waals surface area contributed by atoms with E-state index in [0.717, 1.165) is 11.1 Å². The molecule has 2 aromatic rings. The van der Waals surface area contributed by atoms with Crippen LogP contribution in [0.1, 0.15) is 21.6 Å². The predicted octanol–water partition coefficient (Wildman–Crippen LogP) is 1.94. The summed E-state index contributed by atoms with van der Waals surface area (Å²) in [5.41, 5.74) is 2.44. The van der Waals surface area contributed by atoms with Crippen molar-refractivity contribution in [3.05, 3.63) is 53.6 Å². The lowest BCUT2D eigenvalue weighted by Gasteiger charge is -2.08. The zero-order valence-electron chi connectivity index (χ0n) is 8.92. The van der Waals surface area contributed by atoms with Crippen molar-refractivity contribution in [2.75, 3.05) is 0 Å². The first-order valence-corrected chi connectivity index (χ1v) is 4.96. The van der Waals surface area contributed by atoms with Crippen molar-refractivity contribution in [3.63, 3.8) is 0 Å². The molecule has 0 saturated heterocycles. The Kier molecular flexibility index (Phi) is 2.72. The van der Waals surface area contributed by atoms with Gasteiger partial charge in [0, 0.05) is 25.1 Å². The molecule has 2 aromatic heterocycles. The molecule has 0 amide bonds. The smallest absolute Gasteiger partial charge is 0.352 e. The van der Waals surface area contributed by atoms with Gasteiger partial charge in [0.1, 0.15) is 5.69 Å². The lowest BCUT2D eigenvalue weighted by Crippen LogP contribution is -2.09. The summed E-state index contributed by atoms with van der Waals surface area (Å²) in [6, 6.07) is 5.24. The molecule has 2 rings (SSSR count). The maximum absolute atomic E-state index is 10.9. The van der Waals surface area contributed by atoms with E-state index in [1.807, 2.05) is 13.0 Å². The average Bonchev–Trinajstić information content (AvgIpc) is 2.69. The van der Waals surface area contributed by atoms with Crippen LogP contribution in [0, 0.1) is 6.92 Å². The van der Waals surface area contributed by atoms with Gasteiger partial charge in [0.2, 0.25) is 0 Å². The first kappa shape index (κ1) is 10.4. The van der Waals surface area contributed by atoms with Crippen LogP contribution in [0.2, 0.25) is 0 Å². The van der Waals surface area contributed by atoms with E-state index in [-0.39, 0.29) is 0 Å². The molecular weight excluding hydrogens is 204 g/mol. The zero-order valence-corrected chi connectivity index (χ0v) is 8.92. The van der Waals surface area contributed by atoms with Gasteiger partial charge in [0.15, 0.2) is 0 Å². The van der Waals surface area contributed by atoms with Gasteiger partial charge >= 0.3 is 5.97 Å².